The fourth-order valence-corrected chi connectivity index (χ4v) is 2.33. The predicted molar refractivity (Wildman–Crippen MR) is 89.1 cm³/mol. The maximum atomic E-state index is 11.2. The van der Waals surface area contributed by atoms with Crippen molar-refractivity contribution in [3.63, 3.8) is 0 Å². The van der Waals surface area contributed by atoms with Crippen molar-refractivity contribution in [1.29, 1.82) is 0 Å². The van der Waals surface area contributed by atoms with Gasteiger partial charge in [-0.1, -0.05) is 12.1 Å². The average molecular weight is 325 g/mol. The summed E-state index contributed by atoms with van der Waals surface area (Å²) in [4.78, 5) is 15.8. The van der Waals surface area contributed by atoms with Crippen molar-refractivity contribution in [2.75, 3.05) is 0 Å². The van der Waals surface area contributed by atoms with E-state index in [-0.39, 0.29) is 5.54 Å². The van der Waals surface area contributed by atoms with Gasteiger partial charge in [-0.25, -0.2) is 9.67 Å². The van der Waals surface area contributed by atoms with E-state index in [1.54, 1.807) is 24.3 Å². The Morgan fingerprint density at radius 1 is 1.17 bits per heavy atom. The van der Waals surface area contributed by atoms with Gasteiger partial charge in [0, 0.05) is 11.1 Å². The minimum absolute atomic E-state index is 0.279. The van der Waals surface area contributed by atoms with Crippen LogP contribution >= 0.6 is 0 Å². The number of rotatable bonds is 3. The van der Waals surface area contributed by atoms with Crippen molar-refractivity contribution in [3.05, 3.63) is 35.5 Å². The van der Waals surface area contributed by atoms with E-state index in [1.807, 2.05) is 32.4 Å². The quantitative estimate of drug-likeness (QED) is 0.763. The number of aryl methyl sites for hydroxylation is 1. The highest BCUT2D eigenvalue weighted by molar-refractivity contribution is 5.93. The summed E-state index contributed by atoms with van der Waals surface area (Å²) in [6.07, 6.45) is 0. The third-order valence-electron chi connectivity index (χ3n) is 3.60. The minimum Gasteiger partial charge on any atom is -0.366 e. The van der Waals surface area contributed by atoms with Gasteiger partial charge < -0.3 is 5.73 Å². The number of H-pyrrole nitrogens is 1. The molecule has 0 aliphatic heterocycles. The molecule has 0 saturated heterocycles. The van der Waals surface area contributed by atoms with Gasteiger partial charge in [-0.3, -0.25) is 4.79 Å². The third-order valence-corrected chi connectivity index (χ3v) is 3.60. The highest BCUT2D eigenvalue weighted by Crippen LogP contribution is 2.27. The van der Waals surface area contributed by atoms with Crippen LogP contribution in [0.4, 0.5) is 0 Å². The molecule has 0 bridgehead atoms. The smallest absolute Gasteiger partial charge is 0.248 e. The first-order valence-electron chi connectivity index (χ1n) is 7.53. The Hall–Kier alpha value is -3.03. The van der Waals surface area contributed by atoms with Gasteiger partial charge in [0.25, 0.3) is 0 Å². The summed E-state index contributed by atoms with van der Waals surface area (Å²) in [5.74, 6) is 0.731. The number of primary amides is 1. The molecular weight excluding hydrogens is 306 g/mol. The highest BCUT2D eigenvalue weighted by atomic mass is 16.1. The molecule has 8 heteroatoms. The van der Waals surface area contributed by atoms with Crippen molar-refractivity contribution in [1.82, 2.24) is 30.2 Å². The number of carbonyl (C=O) groups is 1. The van der Waals surface area contributed by atoms with Crippen molar-refractivity contribution < 1.29 is 4.79 Å². The van der Waals surface area contributed by atoms with Crippen LogP contribution in [0.15, 0.2) is 24.3 Å². The van der Waals surface area contributed by atoms with E-state index in [9.17, 15) is 4.79 Å². The van der Waals surface area contributed by atoms with Crippen molar-refractivity contribution in [3.8, 4) is 22.9 Å². The van der Waals surface area contributed by atoms with Crippen LogP contribution in [0.3, 0.4) is 0 Å². The average Bonchev–Trinajstić information content (AvgIpc) is 3.12. The number of nitrogens with one attached hydrogen (secondary N) is 1. The second-order valence-electron chi connectivity index (χ2n) is 6.54. The van der Waals surface area contributed by atoms with Crippen molar-refractivity contribution in [2.24, 2.45) is 5.73 Å². The summed E-state index contributed by atoms with van der Waals surface area (Å²) < 4.78 is 1.83. The lowest BCUT2D eigenvalue weighted by Gasteiger charge is -2.20. The van der Waals surface area contributed by atoms with Crippen LogP contribution in [0.2, 0.25) is 0 Å². The van der Waals surface area contributed by atoms with Crippen molar-refractivity contribution >= 4 is 5.91 Å². The third kappa shape index (κ3) is 2.78. The first-order valence-corrected chi connectivity index (χ1v) is 7.53. The highest BCUT2D eigenvalue weighted by Gasteiger charge is 2.25. The molecule has 0 spiro atoms. The van der Waals surface area contributed by atoms with Crippen LogP contribution in [-0.2, 0) is 5.54 Å². The number of benzene rings is 1. The topological polar surface area (TPSA) is 115 Å². The molecule has 24 heavy (non-hydrogen) atoms. The SMILES string of the molecule is Cc1n[nH]nc1-c1nc(-c2ccc(C(N)=O)cc2)nn1C(C)(C)C. The molecule has 0 atom stereocenters. The zero-order chi connectivity index (χ0) is 17.5. The van der Waals surface area contributed by atoms with Gasteiger partial charge in [0.15, 0.2) is 17.3 Å². The lowest BCUT2D eigenvalue weighted by Crippen LogP contribution is -2.24. The van der Waals surface area contributed by atoms with Crippen LogP contribution in [0.5, 0.6) is 0 Å². The first kappa shape index (κ1) is 15.9. The van der Waals surface area contributed by atoms with Gasteiger partial charge >= 0.3 is 0 Å². The molecule has 3 aromatic rings. The van der Waals surface area contributed by atoms with Crippen LogP contribution in [-0.4, -0.2) is 36.1 Å². The fraction of sp³-hybridized carbons (Fsp3) is 0.312. The standard InChI is InChI=1S/C16H19N7O/c1-9-12(20-22-19-9)15-18-14(21-23(15)16(2,3)4)11-7-5-10(6-8-11)13(17)24/h5-8H,1-4H3,(H2,17,24)(H,19,20,22). The summed E-state index contributed by atoms with van der Waals surface area (Å²) in [6.45, 7) is 7.99. The summed E-state index contributed by atoms with van der Waals surface area (Å²) in [5.41, 5.74) is 7.66. The molecule has 3 rings (SSSR count). The number of carbonyl (C=O) groups excluding carboxylic acids is 1. The van der Waals surface area contributed by atoms with Crippen LogP contribution in [0.1, 0.15) is 36.8 Å². The molecule has 8 nitrogen and oxygen atoms in total. The molecule has 0 unspecified atom stereocenters. The molecule has 0 saturated carbocycles. The number of aromatic amines is 1. The van der Waals surface area contributed by atoms with E-state index in [4.69, 9.17) is 5.73 Å². The number of nitrogens with zero attached hydrogens (tertiary/aromatic N) is 5. The van der Waals surface area contributed by atoms with Gasteiger partial charge in [-0.15, -0.1) is 5.10 Å². The first-order chi connectivity index (χ1) is 11.3. The molecule has 0 aliphatic carbocycles. The summed E-state index contributed by atoms with van der Waals surface area (Å²) >= 11 is 0. The maximum Gasteiger partial charge on any atom is 0.248 e. The van der Waals surface area contributed by atoms with Crippen LogP contribution in [0, 0.1) is 6.92 Å². The van der Waals surface area contributed by atoms with Gasteiger partial charge in [0.2, 0.25) is 5.91 Å². The number of nitrogens with two attached hydrogens (primary N) is 1. The van der Waals surface area contributed by atoms with E-state index in [1.165, 1.54) is 0 Å². The molecule has 0 aliphatic rings. The number of hydrogen-bond donors (Lipinski definition) is 2. The Kier molecular flexibility index (Phi) is 3.67. The predicted octanol–water partition coefficient (Wildman–Crippen LogP) is 1.89. The largest absolute Gasteiger partial charge is 0.366 e. The Morgan fingerprint density at radius 2 is 1.83 bits per heavy atom. The van der Waals surface area contributed by atoms with Gasteiger partial charge in [0.1, 0.15) is 0 Å². The Labute approximate surface area is 139 Å². The Morgan fingerprint density at radius 3 is 2.33 bits per heavy atom. The van der Waals surface area contributed by atoms with E-state index < -0.39 is 5.91 Å². The molecule has 2 aromatic heterocycles. The van der Waals surface area contributed by atoms with Gasteiger partial charge in [0.05, 0.1) is 11.2 Å². The lowest BCUT2D eigenvalue weighted by molar-refractivity contribution is 0.100. The normalized spacial score (nSPS) is 11.7. The molecule has 1 aromatic carbocycles. The minimum atomic E-state index is -0.464. The second kappa shape index (κ2) is 5.55. The zero-order valence-corrected chi connectivity index (χ0v) is 14.0. The van der Waals surface area contributed by atoms with E-state index in [0.29, 0.717) is 22.9 Å². The monoisotopic (exact) mass is 325 g/mol. The van der Waals surface area contributed by atoms with Gasteiger partial charge in [-0.05, 0) is 39.8 Å². The number of hydrogen-bond acceptors (Lipinski definition) is 5. The van der Waals surface area contributed by atoms with E-state index in [2.05, 4.69) is 25.5 Å². The summed E-state index contributed by atoms with van der Waals surface area (Å²) in [6, 6.07) is 6.89. The molecule has 1 amide bonds. The number of amides is 1. The molecule has 0 fully saturated rings. The summed E-state index contributed by atoms with van der Waals surface area (Å²) in [7, 11) is 0. The molecule has 124 valence electrons. The molecule has 2 heterocycles. The van der Waals surface area contributed by atoms with Gasteiger partial charge in [-0.2, -0.15) is 15.4 Å². The van der Waals surface area contributed by atoms with E-state index >= 15 is 0 Å². The molecule has 0 radical (unpaired) electrons. The second-order valence-corrected chi connectivity index (χ2v) is 6.54. The number of aromatic nitrogens is 6. The maximum absolute atomic E-state index is 11.2. The molecular formula is C16H19N7O. The fourth-order valence-electron chi connectivity index (χ4n) is 2.33. The van der Waals surface area contributed by atoms with Crippen molar-refractivity contribution in [2.45, 2.75) is 33.2 Å². The molecule has 3 N–H and O–H groups in total. The van der Waals surface area contributed by atoms with Crippen LogP contribution in [0.25, 0.3) is 22.9 Å². The zero-order valence-electron chi connectivity index (χ0n) is 14.0. The summed E-state index contributed by atoms with van der Waals surface area (Å²) in [5, 5.41) is 15.5. The van der Waals surface area contributed by atoms with Crippen LogP contribution < -0.4 is 5.73 Å². The Balaban J connectivity index is 2.12. The Bertz CT molecular complexity index is 884. The lowest BCUT2D eigenvalue weighted by atomic mass is 10.1. The van der Waals surface area contributed by atoms with E-state index in [0.717, 1.165) is 11.3 Å².